The van der Waals surface area contributed by atoms with E-state index in [4.69, 9.17) is 5.53 Å². The highest BCUT2D eigenvalue weighted by Gasteiger charge is 2.51. The van der Waals surface area contributed by atoms with Gasteiger partial charge in [0.15, 0.2) is 0 Å². The summed E-state index contributed by atoms with van der Waals surface area (Å²) in [5, 5.41) is 14.7. The molecular formula is C14H14BrFN6O. The lowest BCUT2D eigenvalue weighted by Crippen LogP contribution is -3.00. The molecule has 0 saturated carbocycles. The predicted molar refractivity (Wildman–Crippen MR) is 76.1 cm³/mol. The standard InChI is InChI=1S/C14H14FN6O.BrH/c15-12-4-2-11(3-5-12)14(22)10-20-8-1-6-17-13(20)21(14)9-7-18-19-16;/h1-6,8,22H,7,9-10H2;1H/q+1;/p-1. The zero-order valence-electron chi connectivity index (χ0n) is 12.0. The first-order valence-electron chi connectivity index (χ1n) is 6.76. The van der Waals surface area contributed by atoms with E-state index < -0.39 is 5.72 Å². The number of benzene rings is 1. The summed E-state index contributed by atoms with van der Waals surface area (Å²) >= 11 is 0. The minimum Gasteiger partial charge on any atom is -1.00 e. The first kappa shape index (κ1) is 17.1. The first-order valence-corrected chi connectivity index (χ1v) is 6.76. The van der Waals surface area contributed by atoms with Gasteiger partial charge in [-0.1, -0.05) is 10.1 Å². The molecule has 23 heavy (non-hydrogen) atoms. The first-order chi connectivity index (χ1) is 10.6. The Morgan fingerprint density at radius 3 is 2.87 bits per heavy atom. The molecule has 1 aromatic heterocycles. The Morgan fingerprint density at radius 2 is 2.17 bits per heavy atom. The summed E-state index contributed by atoms with van der Waals surface area (Å²) in [5.41, 5.74) is 7.62. The fraction of sp³-hybridized carbons (Fsp3) is 0.286. The van der Waals surface area contributed by atoms with Gasteiger partial charge in [0.1, 0.15) is 18.6 Å². The van der Waals surface area contributed by atoms with Crippen LogP contribution in [0.2, 0.25) is 0 Å². The van der Waals surface area contributed by atoms with Gasteiger partial charge in [0.2, 0.25) is 5.72 Å². The van der Waals surface area contributed by atoms with Crippen molar-refractivity contribution in [2.45, 2.75) is 12.3 Å². The molecule has 0 fully saturated rings. The molecule has 0 radical (unpaired) electrons. The van der Waals surface area contributed by atoms with Gasteiger partial charge < -0.3 is 22.1 Å². The van der Waals surface area contributed by atoms with E-state index in [1.165, 1.54) is 12.1 Å². The van der Waals surface area contributed by atoms with Gasteiger partial charge in [-0.3, -0.25) is 0 Å². The molecule has 0 spiro atoms. The molecule has 1 aliphatic heterocycles. The molecule has 9 heteroatoms. The summed E-state index contributed by atoms with van der Waals surface area (Å²) < 4.78 is 14.9. The van der Waals surface area contributed by atoms with E-state index in [1.54, 1.807) is 33.9 Å². The molecule has 0 aliphatic carbocycles. The number of aromatic nitrogens is 2. The summed E-state index contributed by atoms with van der Waals surface area (Å²) in [5.74, 6) is 0.205. The van der Waals surface area contributed by atoms with Gasteiger partial charge in [0.25, 0.3) is 0 Å². The number of nitrogens with zero attached hydrogens (tertiary/aromatic N) is 6. The van der Waals surface area contributed by atoms with Gasteiger partial charge in [-0.15, -0.1) is 0 Å². The van der Waals surface area contributed by atoms with Crippen molar-refractivity contribution >= 4 is 5.95 Å². The van der Waals surface area contributed by atoms with Crippen LogP contribution >= 0.6 is 0 Å². The number of fused-ring (bicyclic) bond motifs is 1. The second-order valence-electron chi connectivity index (χ2n) is 4.98. The van der Waals surface area contributed by atoms with Crippen molar-refractivity contribution < 1.29 is 31.0 Å². The highest BCUT2D eigenvalue weighted by Crippen LogP contribution is 2.33. The molecule has 1 atom stereocenters. The number of rotatable bonds is 4. The van der Waals surface area contributed by atoms with E-state index in [2.05, 4.69) is 15.0 Å². The van der Waals surface area contributed by atoms with Gasteiger partial charge in [-0.05, 0) is 29.8 Å². The Kier molecular flexibility index (Phi) is 5.15. The Labute approximate surface area is 142 Å². The van der Waals surface area contributed by atoms with E-state index in [0.29, 0.717) is 18.1 Å². The summed E-state index contributed by atoms with van der Waals surface area (Å²) in [4.78, 5) is 8.66. The predicted octanol–water partition coefficient (Wildman–Crippen LogP) is -1.51. The van der Waals surface area contributed by atoms with Crippen LogP contribution in [0.25, 0.3) is 10.4 Å². The van der Waals surface area contributed by atoms with Crippen molar-refractivity contribution in [1.29, 1.82) is 0 Å². The van der Waals surface area contributed by atoms with E-state index in [0.717, 1.165) is 0 Å². The van der Waals surface area contributed by atoms with Crippen molar-refractivity contribution in [1.82, 2.24) is 4.98 Å². The molecule has 2 heterocycles. The summed E-state index contributed by atoms with van der Waals surface area (Å²) in [7, 11) is 0. The molecule has 2 aromatic rings. The topological polar surface area (TPSA) is 89.0 Å². The Balaban J connectivity index is 0.00000192. The van der Waals surface area contributed by atoms with Crippen LogP contribution in [0.15, 0.2) is 47.8 Å². The Hall–Kier alpha value is -2.22. The van der Waals surface area contributed by atoms with E-state index in [9.17, 15) is 9.50 Å². The van der Waals surface area contributed by atoms with Crippen molar-refractivity contribution in [2.24, 2.45) is 5.11 Å². The van der Waals surface area contributed by atoms with Crippen molar-refractivity contribution in [3.05, 3.63) is 64.5 Å². The molecule has 1 unspecified atom stereocenters. The number of anilines is 1. The van der Waals surface area contributed by atoms with Crippen LogP contribution in [-0.2, 0) is 12.3 Å². The zero-order chi connectivity index (χ0) is 15.6. The van der Waals surface area contributed by atoms with Crippen LogP contribution < -0.4 is 26.4 Å². The summed E-state index contributed by atoms with van der Waals surface area (Å²) in [6.45, 7) is 0.754. The quantitative estimate of drug-likeness (QED) is 0.302. The summed E-state index contributed by atoms with van der Waals surface area (Å²) in [6, 6.07) is 7.47. The summed E-state index contributed by atoms with van der Waals surface area (Å²) in [6.07, 6.45) is 3.44. The van der Waals surface area contributed by atoms with Crippen LogP contribution in [0.3, 0.4) is 0 Å². The number of hydrogen-bond acceptors (Lipinski definition) is 4. The van der Waals surface area contributed by atoms with Gasteiger partial charge >= 0.3 is 5.95 Å². The monoisotopic (exact) mass is 380 g/mol. The maximum Gasteiger partial charge on any atom is 0.396 e. The van der Waals surface area contributed by atoms with E-state index in [-0.39, 0.29) is 35.9 Å². The average molecular weight is 381 g/mol. The van der Waals surface area contributed by atoms with Gasteiger partial charge in [-0.25, -0.2) is 13.9 Å². The number of halogens is 2. The third-order valence-electron chi connectivity index (χ3n) is 3.67. The fourth-order valence-electron chi connectivity index (χ4n) is 2.67. The normalized spacial score (nSPS) is 18.8. The van der Waals surface area contributed by atoms with Crippen LogP contribution in [0.1, 0.15) is 5.56 Å². The van der Waals surface area contributed by atoms with Crippen LogP contribution in [0.5, 0.6) is 0 Å². The van der Waals surface area contributed by atoms with Gasteiger partial charge in [-0.2, -0.15) is 0 Å². The number of azide groups is 1. The molecule has 1 N–H and O–H groups in total. The molecular weight excluding hydrogens is 367 g/mol. The minimum absolute atomic E-state index is 0. The minimum atomic E-state index is -1.36. The maximum atomic E-state index is 13.1. The molecule has 7 nitrogen and oxygen atoms in total. The average Bonchev–Trinajstić information content (AvgIpc) is 2.81. The molecule has 1 aliphatic rings. The lowest BCUT2D eigenvalue weighted by Gasteiger charge is -2.28. The van der Waals surface area contributed by atoms with E-state index in [1.807, 2.05) is 6.20 Å². The Bertz CT molecular complexity index is 736. The molecule has 3 rings (SSSR count). The third kappa shape index (κ3) is 3.12. The SMILES string of the molecule is [Br-].[N-]=[N+]=NCCN1c2nccc[n+]2CC1(O)c1ccc(F)cc1. The third-order valence-corrected chi connectivity index (χ3v) is 3.67. The van der Waals surface area contributed by atoms with Crippen molar-refractivity contribution in [3.8, 4) is 0 Å². The van der Waals surface area contributed by atoms with Crippen molar-refractivity contribution in [2.75, 3.05) is 18.0 Å². The molecule has 0 saturated heterocycles. The maximum absolute atomic E-state index is 13.1. The fourth-order valence-corrected chi connectivity index (χ4v) is 2.67. The second kappa shape index (κ2) is 6.91. The van der Waals surface area contributed by atoms with Crippen molar-refractivity contribution in [3.63, 3.8) is 0 Å². The van der Waals surface area contributed by atoms with Crippen LogP contribution in [-0.4, -0.2) is 23.2 Å². The largest absolute Gasteiger partial charge is 1.00 e. The van der Waals surface area contributed by atoms with Crippen LogP contribution in [0.4, 0.5) is 10.3 Å². The molecule has 120 valence electrons. The number of aliphatic hydroxyl groups is 1. The highest BCUT2D eigenvalue weighted by molar-refractivity contribution is 5.38. The highest BCUT2D eigenvalue weighted by atomic mass is 79.9. The lowest BCUT2D eigenvalue weighted by molar-refractivity contribution is -0.685. The second-order valence-corrected chi connectivity index (χ2v) is 4.98. The number of hydrogen-bond donors (Lipinski definition) is 1. The molecule has 0 amide bonds. The lowest BCUT2D eigenvalue weighted by atomic mass is 10.0. The van der Waals surface area contributed by atoms with Gasteiger partial charge in [0.05, 0.1) is 19.3 Å². The Morgan fingerprint density at radius 1 is 1.43 bits per heavy atom. The molecule has 1 aromatic carbocycles. The zero-order valence-corrected chi connectivity index (χ0v) is 13.6. The molecule has 0 bridgehead atoms. The van der Waals surface area contributed by atoms with E-state index >= 15 is 0 Å². The van der Waals surface area contributed by atoms with Crippen LogP contribution in [0, 0.1) is 5.82 Å². The van der Waals surface area contributed by atoms with Gasteiger partial charge in [0, 0.05) is 16.5 Å². The smallest absolute Gasteiger partial charge is 0.396 e.